The molecule has 1 aromatic carbocycles. The van der Waals surface area contributed by atoms with Gasteiger partial charge in [0.1, 0.15) is 11.4 Å². The van der Waals surface area contributed by atoms with Gasteiger partial charge in [-0.25, -0.2) is 0 Å². The van der Waals surface area contributed by atoms with Crippen molar-refractivity contribution in [2.75, 3.05) is 59.6 Å². The zero-order chi connectivity index (χ0) is 22.5. The molecule has 8 nitrogen and oxygen atoms in total. The molecule has 0 unspecified atom stereocenters. The van der Waals surface area contributed by atoms with Crippen LogP contribution in [-0.4, -0.2) is 86.2 Å². The van der Waals surface area contributed by atoms with Crippen molar-refractivity contribution in [3.63, 3.8) is 0 Å². The zero-order valence-corrected chi connectivity index (χ0v) is 19.1. The van der Waals surface area contributed by atoms with Crippen LogP contribution in [-0.2, 0) is 9.53 Å². The molecule has 2 saturated heterocycles. The van der Waals surface area contributed by atoms with Crippen molar-refractivity contribution < 1.29 is 19.1 Å². The lowest BCUT2D eigenvalue weighted by Crippen LogP contribution is -2.45. The minimum absolute atomic E-state index is 0.0150. The van der Waals surface area contributed by atoms with E-state index in [9.17, 15) is 9.59 Å². The molecule has 0 aliphatic carbocycles. The third-order valence-electron chi connectivity index (χ3n) is 6.84. The van der Waals surface area contributed by atoms with Gasteiger partial charge in [-0.3, -0.25) is 14.5 Å². The van der Waals surface area contributed by atoms with Crippen molar-refractivity contribution in [3.8, 4) is 5.75 Å². The van der Waals surface area contributed by atoms with Gasteiger partial charge >= 0.3 is 0 Å². The Morgan fingerprint density at radius 2 is 1.94 bits per heavy atom. The molecule has 2 aromatic rings. The minimum atomic E-state index is -0.0440. The van der Waals surface area contributed by atoms with Crippen LogP contribution in [0.3, 0.4) is 0 Å². The van der Waals surface area contributed by atoms with Gasteiger partial charge in [0, 0.05) is 62.2 Å². The Bertz CT molecular complexity index is 929. The van der Waals surface area contributed by atoms with Crippen LogP contribution in [0.4, 0.5) is 0 Å². The average molecular weight is 443 g/mol. The number of fused-ring (bicyclic) bond motifs is 1. The summed E-state index contributed by atoms with van der Waals surface area (Å²) in [6.45, 7) is 8.31. The van der Waals surface area contributed by atoms with Crippen LogP contribution in [0.1, 0.15) is 30.3 Å². The first-order valence-corrected chi connectivity index (χ1v) is 11.6. The Morgan fingerprint density at radius 3 is 2.66 bits per heavy atom. The third kappa shape index (κ3) is 5.24. The summed E-state index contributed by atoms with van der Waals surface area (Å²) in [7, 11) is 1.63. The lowest BCUT2D eigenvalue weighted by atomic mass is 9.84. The maximum atomic E-state index is 13.0. The first-order valence-electron chi connectivity index (χ1n) is 11.6. The highest BCUT2D eigenvalue weighted by molar-refractivity contribution is 5.98. The predicted molar refractivity (Wildman–Crippen MR) is 123 cm³/mol. The molecule has 2 fully saturated rings. The lowest BCUT2D eigenvalue weighted by molar-refractivity contribution is -0.126. The van der Waals surface area contributed by atoms with E-state index in [0.29, 0.717) is 31.2 Å². The van der Waals surface area contributed by atoms with Crippen molar-refractivity contribution in [1.29, 1.82) is 0 Å². The molecule has 0 radical (unpaired) electrons. The van der Waals surface area contributed by atoms with Gasteiger partial charge < -0.3 is 24.7 Å². The molecule has 174 valence electrons. The van der Waals surface area contributed by atoms with Crippen molar-refractivity contribution in [2.45, 2.75) is 19.8 Å². The number of aromatic amines is 1. The molecular weight excluding hydrogens is 408 g/mol. The van der Waals surface area contributed by atoms with Crippen LogP contribution in [0.25, 0.3) is 10.9 Å². The standard InChI is InChI=1S/C24H34N4O4/c1-17(23(29)25-7-10-27-11-13-32-14-12-27)18-5-8-28(9-6-18)24(30)22-15-19-3-4-20(31-2)16-21(19)26-22/h3-4,15-18,26H,5-14H2,1-2H3,(H,25,29)/t17-/m1/s1. The Balaban J connectivity index is 1.24. The highest BCUT2D eigenvalue weighted by Crippen LogP contribution is 2.27. The third-order valence-corrected chi connectivity index (χ3v) is 6.84. The highest BCUT2D eigenvalue weighted by Gasteiger charge is 2.30. The summed E-state index contributed by atoms with van der Waals surface area (Å²) in [5.74, 6) is 1.15. The molecule has 2 aliphatic rings. The normalized spacial score (nSPS) is 19.1. The van der Waals surface area contributed by atoms with Crippen LogP contribution >= 0.6 is 0 Å². The SMILES string of the molecule is COc1ccc2cc(C(=O)N3CCC([C@@H](C)C(=O)NCCN4CCOCC4)CC3)[nH]c2c1. The Hall–Kier alpha value is -2.58. The topological polar surface area (TPSA) is 86.9 Å². The van der Waals surface area contributed by atoms with Gasteiger partial charge in [0.25, 0.3) is 5.91 Å². The van der Waals surface area contributed by atoms with Crippen molar-refractivity contribution in [3.05, 3.63) is 30.0 Å². The van der Waals surface area contributed by atoms with Gasteiger partial charge in [-0.15, -0.1) is 0 Å². The number of hydrogen-bond acceptors (Lipinski definition) is 5. The second kappa shape index (κ2) is 10.4. The number of piperidine rings is 1. The fourth-order valence-electron chi connectivity index (χ4n) is 4.66. The molecule has 2 aliphatic heterocycles. The van der Waals surface area contributed by atoms with Crippen LogP contribution in [0, 0.1) is 11.8 Å². The van der Waals surface area contributed by atoms with Gasteiger partial charge in [-0.2, -0.15) is 0 Å². The molecule has 1 atom stereocenters. The van der Waals surface area contributed by atoms with Gasteiger partial charge in [0.15, 0.2) is 0 Å². The number of H-pyrrole nitrogens is 1. The monoisotopic (exact) mass is 442 g/mol. The minimum Gasteiger partial charge on any atom is -0.497 e. The molecule has 2 amide bonds. The van der Waals surface area contributed by atoms with Gasteiger partial charge in [0.05, 0.1) is 20.3 Å². The van der Waals surface area contributed by atoms with Crippen LogP contribution in [0.2, 0.25) is 0 Å². The molecule has 1 aromatic heterocycles. The number of aromatic nitrogens is 1. The molecule has 8 heteroatoms. The van der Waals surface area contributed by atoms with E-state index in [0.717, 1.165) is 62.3 Å². The molecule has 4 rings (SSSR count). The molecule has 0 spiro atoms. The Kier molecular flexibility index (Phi) is 7.32. The van der Waals surface area contributed by atoms with E-state index < -0.39 is 0 Å². The number of nitrogens with zero attached hydrogens (tertiary/aromatic N) is 2. The van der Waals surface area contributed by atoms with Crippen LogP contribution in [0.15, 0.2) is 24.3 Å². The van der Waals surface area contributed by atoms with Gasteiger partial charge in [-0.05, 0) is 37.0 Å². The number of likely N-dealkylation sites (tertiary alicyclic amines) is 1. The van der Waals surface area contributed by atoms with Crippen LogP contribution in [0.5, 0.6) is 5.75 Å². The second-order valence-electron chi connectivity index (χ2n) is 8.80. The summed E-state index contributed by atoms with van der Waals surface area (Å²) >= 11 is 0. The number of ether oxygens (including phenoxy) is 2. The quantitative estimate of drug-likeness (QED) is 0.686. The zero-order valence-electron chi connectivity index (χ0n) is 19.1. The number of benzene rings is 1. The molecule has 32 heavy (non-hydrogen) atoms. The average Bonchev–Trinajstić information content (AvgIpc) is 3.27. The molecule has 2 N–H and O–H groups in total. The summed E-state index contributed by atoms with van der Waals surface area (Å²) in [5, 5.41) is 4.09. The summed E-state index contributed by atoms with van der Waals surface area (Å²) in [6.07, 6.45) is 1.69. The molecule has 0 saturated carbocycles. The number of methoxy groups -OCH3 is 1. The number of hydrogen-bond donors (Lipinski definition) is 2. The fraction of sp³-hybridized carbons (Fsp3) is 0.583. The number of amides is 2. The number of carbonyl (C=O) groups excluding carboxylic acids is 2. The van der Waals surface area contributed by atoms with E-state index in [4.69, 9.17) is 9.47 Å². The maximum Gasteiger partial charge on any atom is 0.270 e. The van der Waals surface area contributed by atoms with E-state index in [1.54, 1.807) is 7.11 Å². The molecule has 0 bridgehead atoms. The summed E-state index contributed by atoms with van der Waals surface area (Å²) in [4.78, 5) is 33.1. The second-order valence-corrected chi connectivity index (χ2v) is 8.80. The van der Waals surface area contributed by atoms with E-state index in [1.807, 2.05) is 36.1 Å². The first-order chi connectivity index (χ1) is 15.5. The highest BCUT2D eigenvalue weighted by atomic mass is 16.5. The summed E-state index contributed by atoms with van der Waals surface area (Å²) < 4.78 is 10.6. The first kappa shape index (κ1) is 22.6. The summed E-state index contributed by atoms with van der Waals surface area (Å²) in [6, 6.07) is 7.64. The maximum absolute atomic E-state index is 13.0. The Labute approximate surface area is 189 Å². The molecule has 3 heterocycles. The number of rotatable bonds is 7. The lowest BCUT2D eigenvalue weighted by Gasteiger charge is -2.34. The van der Waals surface area contributed by atoms with Gasteiger partial charge in [0.2, 0.25) is 5.91 Å². The fourth-order valence-corrected chi connectivity index (χ4v) is 4.66. The van der Waals surface area contributed by atoms with Crippen molar-refractivity contribution in [2.24, 2.45) is 11.8 Å². The Morgan fingerprint density at radius 1 is 1.19 bits per heavy atom. The number of nitrogens with one attached hydrogen (secondary N) is 2. The summed E-state index contributed by atoms with van der Waals surface area (Å²) in [5.41, 5.74) is 1.49. The van der Waals surface area contributed by atoms with E-state index in [-0.39, 0.29) is 17.7 Å². The van der Waals surface area contributed by atoms with Crippen molar-refractivity contribution in [1.82, 2.24) is 20.1 Å². The van der Waals surface area contributed by atoms with E-state index in [1.165, 1.54) is 0 Å². The van der Waals surface area contributed by atoms with Crippen LogP contribution < -0.4 is 10.1 Å². The van der Waals surface area contributed by atoms with Gasteiger partial charge in [-0.1, -0.05) is 6.92 Å². The van der Waals surface area contributed by atoms with E-state index >= 15 is 0 Å². The largest absolute Gasteiger partial charge is 0.497 e. The predicted octanol–water partition coefficient (Wildman–Crippen LogP) is 2.11. The number of morpholine rings is 1. The van der Waals surface area contributed by atoms with E-state index in [2.05, 4.69) is 15.2 Å². The smallest absolute Gasteiger partial charge is 0.270 e. The molecular formula is C24H34N4O4. The van der Waals surface area contributed by atoms with Crippen molar-refractivity contribution >= 4 is 22.7 Å². The number of carbonyl (C=O) groups is 2.